The molecule has 0 bridgehead atoms. The van der Waals surface area contributed by atoms with E-state index in [1.807, 2.05) is 23.2 Å². The molecule has 25 heavy (non-hydrogen) atoms. The summed E-state index contributed by atoms with van der Waals surface area (Å²) in [5.41, 5.74) is 4.06. The molecule has 0 amide bonds. The highest BCUT2D eigenvalue weighted by Gasteiger charge is 2.22. The molecule has 1 aromatic carbocycles. The predicted molar refractivity (Wildman–Crippen MR) is 95.0 cm³/mol. The van der Waals surface area contributed by atoms with E-state index >= 15 is 0 Å². The van der Waals surface area contributed by atoms with Crippen LogP contribution >= 0.6 is 0 Å². The van der Waals surface area contributed by atoms with Crippen LogP contribution < -0.4 is 10.2 Å². The number of aromatic nitrogens is 2. The molecule has 1 unspecified atom stereocenters. The minimum absolute atomic E-state index is 0.177. The van der Waals surface area contributed by atoms with Gasteiger partial charge in [0.2, 0.25) is 0 Å². The fraction of sp³-hybridized carbons (Fsp3) is 0.526. The normalized spacial score (nSPS) is 21.4. The summed E-state index contributed by atoms with van der Waals surface area (Å²) in [6, 6.07) is 5.78. The third-order valence-electron chi connectivity index (χ3n) is 5.42. The van der Waals surface area contributed by atoms with Crippen molar-refractivity contribution in [2.24, 2.45) is 0 Å². The van der Waals surface area contributed by atoms with Crippen molar-refractivity contribution in [3.8, 4) is 0 Å². The Morgan fingerprint density at radius 3 is 2.92 bits per heavy atom. The van der Waals surface area contributed by atoms with E-state index in [1.54, 1.807) is 6.07 Å². The molecule has 1 aliphatic carbocycles. The standard InChI is InChI=1S/C19H25FN4O/c20-16-10-13(4-5-19(16)24-8-6-14(25)7-9-24)11-21-17-2-1-3-18-15(17)12-22-23-18/h4-5,10,12,14,17,21,25H,1-3,6-9,11H2,(H,22,23). The topological polar surface area (TPSA) is 64.2 Å². The third-order valence-corrected chi connectivity index (χ3v) is 5.42. The van der Waals surface area contributed by atoms with Gasteiger partial charge in [-0.2, -0.15) is 5.10 Å². The molecule has 4 rings (SSSR count). The molecule has 1 saturated heterocycles. The summed E-state index contributed by atoms with van der Waals surface area (Å²) < 4.78 is 14.5. The number of aliphatic hydroxyl groups excluding tert-OH is 1. The number of nitrogens with zero attached hydrogens (tertiary/aromatic N) is 2. The first-order valence-electron chi connectivity index (χ1n) is 9.17. The fourth-order valence-electron chi connectivity index (χ4n) is 3.94. The highest BCUT2D eigenvalue weighted by molar-refractivity contribution is 5.49. The molecule has 134 valence electrons. The number of aromatic amines is 1. The maximum absolute atomic E-state index is 14.5. The van der Waals surface area contributed by atoms with Crippen molar-refractivity contribution >= 4 is 5.69 Å². The van der Waals surface area contributed by atoms with Crippen molar-refractivity contribution in [1.82, 2.24) is 15.5 Å². The lowest BCUT2D eigenvalue weighted by molar-refractivity contribution is 0.145. The van der Waals surface area contributed by atoms with Gasteiger partial charge in [0.25, 0.3) is 0 Å². The van der Waals surface area contributed by atoms with Crippen molar-refractivity contribution in [3.63, 3.8) is 0 Å². The SMILES string of the molecule is OC1CCN(c2ccc(CNC3CCCc4[nH]ncc43)cc2F)CC1. The Hall–Kier alpha value is -1.92. The summed E-state index contributed by atoms with van der Waals surface area (Å²) in [5, 5.41) is 20.4. The monoisotopic (exact) mass is 344 g/mol. The van der Waals surface area contributed by atoms with Crippen LogP contribution in [-0.2, 0) is 13.0 Å². The van der Waals surface area contributed by atoms with Gasteiger partial charge in [-0.05, 0) is 49.8 Å². The molecule has 5 nitrogen and oxygen atoms in total. The van der Waals surface area contributed by atoms with Gasteiger partial charge >= 0.3 is 0 Å². The van der Waals surface area contributed by atoms with Crippen molar-refractivity contribution in [2.75, 3.05) is 18.0 Å². The molecular formula is C19H25FN4O. The first-order valence-corrected chi connectivity index (χ1v) is 9.17. The van der Waals surface area contributed by atoms with E-state index in [0.29, 0.717) is 38.2 Å². The van der Waals surface area contributed by atoms with Gasteiger partial charge in [0.15, 0.2) is 0 Å². The van der Waals surface area contributed by atoms with Crippen molar-refractivity contribution in [3.05, 3.63) is 47.0 Å². The number of anilines is 1. The Kier molecular flexibility index (Phi) is 4.72. The first-order chi connectivity index (χ1) is 12.2. The molecule has 6 heteroatoms. The van der Waals surface area contributed by atoms with Crippen LogP contribution in [0.15, 0.2) is 24.4 Å². The van der Waals surface area contributed by atoms with Crippen LogP contribution in [0.4, 0.5) is 10.1 Å². The van der Waals surface area contributed by atoms with Crippen LogP contribution in [0.25, 0.3) is 0 Å². The molecule has 2 heterocycles. The number of aliphatic hydroxyl groups is 1. The van der Waals surface area contributed by atoms with Gasteiger partial charge < -0.3 is 15.3 Å². The smallest absolute Gasteiger partial charge is 0.146 e. The first kappa shape index (κ1) is 16.5. The van der Waals surface area contributed by atoms with Crippen LogP contribution in [0.3, 0.4) is 0 Å². The number of halogens is 1. The molecule has 1 aliphatic heterocycles. The van der Waals surface area contributed by atoms with Crippen molar-refractivity contribution < 1.29 is 9.50 Å². The lowest BCUT2D eigenvalue weighted by Crippen LogP contribution is -2.36. The lowest BCUT2D eigenvalue weighted by Gasteiger charge is -2.31. The summed E-state index contributed by atoms with van der Waals surface area (Å²) in [5.74, 6) is -0.177. The average molecular weight is 344 g/mol. The Morgan fingerprint density at radius 1 is 1.28 bits per heavy atom. The van der Waals surface area contributed by atoms with E-state index in [2.05, 4.69) is 15.5 Å². The highest BCUT2D eigenvalue weighted by Crippen LogP contribution is 2.29. The number of fused-ring (bicyclic) bond motifs is 1. The maximum atomic E-state index is 14.5. The van der Waals surface area contributed by atoms with E-state index in [0.717, 1.165) is 24.8 Å². The van der Waals surface area contributed by atoms with Gasteiger partial charge in [-0.25, -0.2) is 4.39 Å². The minimum Gasteiger partial charge on any atom is -0.393 e. The van der Waals surface area contributed by atoms with Crippen molar-refractivity contribution in [2.45, 2.75) is 50.8 Å². The molecule has 2 aliphatic rings. The van der Waals surface area contributed by atoms with Crippen molar-refractivity contribution in [1.29, 1.82) is 0 Å². The molecular weight excluding hydrogens is 319 g/mol. The number of H-pyrrole nitrogens is 1. The van der Waals surface area contributed by atoms with E-state index in [-0.39, 0.29) is 18.0 Å². The number of hydrogen-bond acceptors (Lipinski definition) is 4. The molecule has 0 spiro atoms. The molecule has 3 N–H and O–H groups in total. The Labute approximate surface area is 147 Å². The van der Waals surface area contributed by atoms with E-state index < -0.39 is 0 Å². The highest BCUT2D eigenvalue weighted by atomic mass is 19.1. The van der Waals surface area contributed by atoms with Gasteiger partial charge in [0.1, 0.15) is 5.82 Å². The zero-order valence-electron chi connectivity index (χ0n) is 14.3. The fourth-order valence-corrected chi connectivity index (χ4v) is 3.94. The van der Waals surface area contributed by atoms with Gasteiger partial charge in [0.05, 0.1) is 18.0 Å². The lowest BCUT2D eigenvalue weighted by atomic mass is 9.93. The molecule has 0 saturated carbocycles. The number of benzene rings is 1. The van der Waals surface area contributed by atoms with Crippen LogP contribution in [0.2, 0.25) is 0 Å². The Balaban J connectivity index is 1.40. The molecule has 1 aromatic heterocycles. The summed E-state index contributed by atoms with van der Waals surface area (Å²) in [4.78, 5) is 2.03. The summed E-state index contributed by atoms with van der Waals surface area (Å²) in [6.45, 7) is 2.06. The number of rotatable bonds is 4. The molecule has 1 fully saturated rings. The van der Waals surface area contributed by atoms with Crippen LogP contribution in [0.5, 0.6) is 0 Å². The van der Waals surface area contributed by atoms with E-state index in [9.17, 15) is 9.50 Å². The quantitative estimate of drug-likeness (QED) is 0.798. The average Bonchev–Trinajstić information content (AvgIpc) is 3.10. The third kappa shape index (κ3) is 3.55. The second-order valence-corrected chi connectivity index (χ2v) is 7.13. The summed E-state index contributed by atoms with van der Waals surface area (Å²) in [7, 11) is 0. The van der Waals surface area contributed by atoms with Gasteiger partial charge in [-0.15, -0.1) is 0 Å². The zero-order chi connectivity index (χ0) is 17.2. The molecule has 1 atom stereocenters. The predicted octanol–water partition coefficient (Wildman–Crippen LogP) is 2.68. The number of aryl methyl sites for hydroxylation is 1. The second kappa shape index (κ2) is 7.14. The number of nitrogens with one attached hydrogen (secondary N) is 2. The summed E-state index contributed by atoms with van der Waals surface area (Å²) >= 11 is 0. The van der Waals surface area contributed by atoms with E-state index in [1.165, 1.54) is 11.3 Å². The zero-order valence-corrected chi connectivity index (χ0v) is 14.3. The number of hydrogen-bond donors (Lipinski definition) is 3. The molecule has 2 aromatic rings. The largest absolute Gasteiger partial charge is 0.393 e. The van der Waals surface area contributed by atoms with Crippen LogP contribution in [0.1, 0.15) is 48.5 Å². The molecule has 0 radical (unpaired) electrons. The van der Waals surface area contributed by atoms with Gasteiger partial charge in [-0.1, -0.05) is 6.07 Å². The van der Waals surface area contributed by atoms with Gasteiger partial charge in [0, 0.05) is 36.9 Å². The van der Waals surface area contributed by atoms with Crippen LogP contribution in [-0.4, -0.2) is 34.5 Å². The summed E-state index contributed by atoms with van der Waals surface area (Å²) in [6.07, 6.45) is 6.35. The van der Waals surface area contributed by atoms with Gasteiger partial charge in [-0.3, -0.25) is 5.10 Å². The maximum Gasteiger partial charge on any atom is 0.146 e. The minimum atomic E-state index is -0.244. The van der Waals surface area contributed by atoms with E-state index in [4.69, 9.17) is 0 Å². The van der Waals surface area contributed by atoms with Crippen LogP contribution in [0, 0.1) is 5.82 Å². The number of piperidine rings is 1. The second-order valence-electron chi connectivity index (χ2n) is 7.13. The Morgan fingerprint density at radius 2 is 2.12 bits per heavy atom. The Bertz CT molecular complexity index is 724.